The van der Waals surface area contributed by atoms with Crippen LogP contribution in [-0.4, -0.2) is 20.8 Å². The Kier molecular flexibility index (Phi) is 4.03. The van der Waals surface area contributed by atoms with Crippen LogP contribution in [0.15, 0.2) is 24.5 Å². The number of nitro benzene ring substituents is 1. The van der Waals surface area contributed by atoms with Gasteiger partial charge in [-0.25, -0.2) is 9.37 Å². The van der Waals surface area contributed by atoms with E-state index in [1.165, 1.54) is 6.20 Å². The van der Waals surface area contributed by atoms with E-state index in [1.54, 1.807) is 0 Å². The van der Waals surface area contributed by atoms with Crippen LogP contribution in [0.5, 0.6) is 0 Å². The van der Waals surface area contributed by atoms with Crippen molar-refractivity contribution in [2.75, 3.05) is 5.32 Å². The third-order valence-corrected chi connectivity index (χ3v) is 2.52. The highest BCUT2D eigenvalue weighted by molar-refractivity contribution is 6.29. The molecule has 21 heavy (non-hydrogen) atoms. The van der Waals surface area contributed by atoms with Crippen molar-refractivity contribution in [3.63, 3.8) is 0 Å². The highest BCUT2D eigenvalue weighted by Gasteiger charge is 2.26. The first-order chi connectivity index (χ1) is 9.90. The molecule has 1 aromatic carbocycles. The number of benzene rings is 1. The second-order valence-corrected chi connectivity index (χ2v) is 4.08. The highest BCUT2D eigenvalue weighted by Crippen LogP contribution is 2.23. The summed E-state index contributed by atoms with van der Waals surface area (Å²) in [5.74, 6) is -4.22. The van der Waals surface area contributed by atoms with E-state index in [1.807, 2.05) is 5.32 Å². The van der Waals surface area contributed by atoms with Gasteiger partial charge in [0.1, 0.15) is 16.5 Å². The van der Waals surface area contributed by atoms with Gasteiger partial charge < -0.3 is 5.32 Å². The van der Waals surface area contributed by atoms with E-state index in [2.05, 4.69) is 9.97 Å². The van der Waals surface area contributed by atoms with Gasteiger partial charge in [-0.3, -0.25) is 19.9 Å². The Bertz CT molecular complexity index is 741. The molecule has 0 aliphatic carbocycles. The Hall–Kier alpha value is -2.68. The van der Waals surface area contributed by atoms with E-state index in [-0.39, 0.29) is 11.0 Å². The number of carbonyl (C=O) groups is 1. The number of nitro groups is 1. The van der Waals surface area contributed by atoms with Crippen molar-refractivity contribution in [3.05, 3.63) is 57.0 Å². The summed E-state index contributed by atoms with van der Waals surface area (Å²) in [5, 5.41) is 12.6. The average Bonchev–Trinajstić information content (AvgIpc) is 2.38. The first-order valence-corrected chi connectivity index (χ1v) is 5.69. The fraction of sp³-hybridized carbons (Fsp3) is 0. The summed E-state index contributed by atoms with van der Waals surface area (Å²) in [5.41, 5.74) is -2.11. The van der Waals surface area contributed by atoms with Gasteiger partial charge in [0.05, 0.1) is 17.3 Å². The van der Waals surface area contributed by atoms with Crippen LogP contribution >= 0.6 is 11.6 Å². The Morgan fingerprint density at radius 2 is 2.05 bits per heavy atom. The molecule has 1 heterocycles. The predicted octanol–water partition coefficient (Wildman–Crippen LogP) is 2.57. The largest absolute Gasteiger partial charge is 0.305 e. The Labute approximate surface area is 120 Å². The number of amides is 1. The lowest BCUT2D eigenvalue weighted by Crippen LogP contribution is -2.17. The summed E-state index contributed by atoms with van der Waals surface area (Å²) in [7, 11) is 0. The molecule has 0 spiro atoms. The first-order valence-electron chi connectivity index (χ1n) is 5.31. The van der Waals surface area contributed by atoms with Crippen molar-refractivity contribution in [2.45, 2.75) is 0 Å². The summed E-state index contributed by atoms with van der Waals surface area (Å²) >= 11 is 5.54. The van der Waals surface area contributed by atoms with Crippen molar-refractivity contribution in [1.82, 2.24) is 9.97 Å². The molecule has 0 bridgehead atoms. The molecule has 0 saturated carbocycles. The zero-order valence-electron chi connectivity index (χ0n) is 10.0. The van der Waals surface area contributed by atoms with Crippen LogP contribution in [0.1, 0.15) is 10.4 Å². The average molecular weight is 315 g/mol. The number of nitrogens with one attached hydrogen (secondary N) is 1. The van der Waals surface area contributed by atoms with Crippen molar-refractivity contribution in [2.24, 2.45) is 0 Å². The normalized spacial score (nSPS) is 10.2. The molecule has 7 nitrogen and oxygen atoms in total. The fourth-order valence-corrected chi connectivity index (χ4v) is 1.62. The van der Waals surface area contributed by atoms with Crippen LogP contribution in [0.4, 0.5) is 20.3 Å². The Balaban J connectivity index is 2.39. The third kappa shape index (κ3) is 3.08. The Morgan fingerprint density at radius 1 is 1.33 bits per heavy atom. The van der Waals surface area contributed by atoms with Crippen LogP contribution in [0.25, 0.3) is 0 Å². The molecule has 0 atom stereocenters. The monoisotopic (exact) mass is 314 g/mol. The topological polar surface area (TPSA) is 98.0 Å². The second-order valence-electron chi connectivity index (χ2n) is 3.69. The predicted molar refractivity (Wildman–Crippen MR) is 68.0 cm³/mol. The molecule has 1 aromatic heterocycles. The molecule has 2 rings (SSSR count). The molecule has 0 aliphatic rings. The van der Waals surface area contributed by atoms with Gasteiger partial charge in [-0.15, -0.1) is 0 Å². The van der Waals surface area contributed by atoms with E-state index in [0.29, 0.717) is 12.1 Å². The minimum Gasteiger partial charge on any atom is -0.305 e. The van der Waals surface area contributed by atoms with E-state index in [9.17, 15) is 23.7 Å². The molecule has 0 aliphatic heterocycles. The minimum absolute atomic E-state index is 0.0483. The number of hydrogen-bond donors (Lipinski definition) is 1. The highest BCUT2D eigenvalue weighted by atomic mass is 35.5. The second kappa shape index (κ2) is 5.75. The van der Waals surface area contributed by atoms with Crippen molar-refractivity contribution < 1.29 is 18.5 Å². The SMILES string of the molecule is O=C(Nc1cncc(Cl)n1)c1c(F)ccc([N+](=O)[O-])c1F. The Morgan fingerprint density at radius 3 is 2.67 bits per heavy atom. The maximum absolute atomic E-state index is 13.8. The molecule has 0 radical (unpaired) electrons. The van der Waals surface area contributed by atoms with Gasteiger partial charge in [0.25, 0.3) is 5.91 Å². The third-order valence-electron chi connectivity index (χ3n) is 2.34. The molecular formula is C11H5ClF2N4O3. The minimum atomic E-state index is -1.58. The summed E-state index contributed by atoms with van der Waals surface area (Å²) < 4.78 is 27.4. The maximum atomic E-state index is 13.8. The molecule has 1 N–H and O–H groups in total. The summed E-state index contributed by atoms with van der Waals surface area (Å²) in [4.78, 5) is 28.6. The number of halogens is 3. The van der Waals surface area contributed by atoms with Crippen LogP contribution < -0.4 is 5.32 Å². The molecule has 0 fully saturated rings. The van der Waals surface area contributed by atoms with Gasteiger partial charge in [0.15, 0.2) is 5.82 Å². The van der Waals surface area contributed by atoms with E-state index < -0.39 is 33.7 Å². The molecule has 108 valence electrons. The van der Waals surface area contributed by atoms with Gasteiger partial charge in [-0.05, 0) is 6.07 Å². The van der Waals surface area contributed by atoms with Crippen molar-refractivity contribution >= 4 is 29.0 Å². The van der Waals surface area contributed by atoms with E-state index in [0.717, 1.165) is 6.20 Å². The standard InChI is InChI=1S/C11H5ClF2N4O3/c12-7-3-15-4-8(16-7)17-11(19)9-5(13)1-2-6(10(9)14)18(20)21/h1-4H,(H,16,17,19). The van der Waals surface area contributed by atoms with Crippen molar-refractivity contribution in [3.8, 4) is 0 Å². The van der Waals surface area contributed by atoms with Gasteiger partial charge in [0, 0.05) is 6.07 Å². The summed E-state index contributed by atoms with van der Waals surface area (Å²) in [6.45, 7) is 0. The van der Waals surface area contributed by atoms with Crippen LogP contribution in [-0.2, 0) is 0 Å². The van der Waals surface area contributed by atoms with Gasteiger partial charge in [-0.1, -0.05) is 11.6 Å². The molecule has 10 heteroatoms. The number of nitrogens with zero attached hydrogens (tertiary/aromatic N) is 3. The zero-order valence-corrected chi connectivity index (χ0v) is 10.8. The number of hydrogen-bond acceptors (Lipinski definition) is 5. The van der Waals surface area contributed by atoms with Gasteiger partial charge in [-0.2, -0.15) is 4.39 Å². The zero-order chi connectivity index (χ0) is 15.6. The number of anilines is 1. The van der Waals surface area contributed by atoms with Crippen LogP contribution in [0.3, 0.4) is 0 Å². The van der Waals surface area contributed by atoms with Gasteiger partial charge in [0.2, 0.25) is 5.82 Å². The lowest BCUT2D eigenvalue weighted by atomic mass is 10.1. The van der Waals surface area contributed by atoms with Crippen LogP contribution in [0, 0.1) is 21.7 Å². The molecule has 0 saturated heterocycles. The summed E-state index contributed by atoms with van der Waals surface area (Å²) in [6, 6.07) is 1.25. The first kappa shape index (κ1) is 14.7. The lowest BCUT2D eigenvalue weighted by molar-refractivity contribution is -0.387. The summed E-state index contributed by atoms with van der Waals surface area (Å²) in [6.07, 6.45) is 2.28. The molecule has 0 unspecified atom stereocenters. The maximum Gasteiger partial charge on any atom is 0.305 e. The van der Waals surface area contributed by atoms with Crippen molar-refractivity contribution in [1.29, 1.82) is 0 Å². The molecule has 1 amide bonds. The number of aromatic nitrogens is 2. The van der Waals surface area contributed by atoms with Gasteiger partial charge >= 0.3 is 5.69 Å². The van der Waals surface area contributed by atoms with Crippen LogP contribution in [0.2, 0.25) is 5.15 Å². The smallest absolute Gasteiger partial charge is 0.305 e. The molecular weight excluding hydrogens is 310 g/mol. The quantitative estimate of drug-likeness (QED) is 0.693. The number of rotatable bonds is 3. The molecule has 2 aromatic rings. The fourth-order valence-electron chi connectivity index (χ4n) is 1.47. The lowest BCUT2D eigenvalue weighted by Gasteiger charge is -2.06. The van der Waals surface area contributed by atoms with E-state index >= 15 is 0 Å². The van der Waals surface area contributed by atoms with E-state index in [4.69, 9.17) is 11.6 Å². The number of carbonyl (C=O) groups excluding carboxylic acids is 1.